The molecule has 1 aromatic carbocycles. The Morgan fingerprint density at radius 1 is 1.09 bits per heavy atom. The molecule has 0 saturated carbocycles. The van der Waals surface area contributed by atoms with E-state index in [-0.39, 0.29) is 18.3 Å². The number of rotatable bonds is 7. The number of benzene rings is 1. The molecule has 0 aliphatic carbocycles. The van der Waals surface area contributed by atoms with E-state index in [2.05, 4.69) is 20.0 Å². The van der Waals surface area contributed by atoms with E-state index in [0.717, 1.165) is 22.6 Å². The first-order chi connectivity index (χ1) is 15.6. The third-order valence-corrected chi connectivity index (χ3v) is 5.72. The van der Waals surface area contributed by atoms with Crippen molar-refractivity contribution in [2.75, 3.05) is 37.7 Å². The maximum absolute atomic E-state index is 12.8. The molecule has 3 heterocycles. The molecule has 168 valence electrons. The molecule has 9 heteroatoms. The number of fused-ring (bicyclic) bond motifs is 1. The number of anilines is 1. The fourth-order valence-electron chi connectivity index (χ4n) is 4.10. The number of aromatic nitrogens is 4. The van der Waals surface area contributed by atoms with Gasteiger partial charge in [-0.1, -0.05) is 30.3 Å². The van der Waals surface area contributed by atoms with Gasteiger partial charge in [0.15, 0.2) is 0 Å². The predicted molar refractivity (Wildman–Crippen MR) is 119 cm³/mol. The van der Waals surface area contributed by atoms with Crippen molar-refractivity contribution in [3.63, 3.8) is 0 Å². The van der Waals surface area contributed by atoms with Gasteiger partial charge in [-0.15, -0.1) is 0 Å². The van der Waals surface area contributed by atoms with Crippen LogP contribution in [0.25, 0.3) is 5.78 Å². The van der Waals surface area contributed by atoms with Crippen LogP contribution in [0.5, 0.6) is 0 Å². The Morgan fingerprint density at radius 2 is 1.84 bits per heavy atom. The summed E-state index contributed by atoms with van der Waals surface area (Å²) in [4.78, 5) is 37.6. The van der Waals surface area contributed by atoms with E-state index in [1.807, 2.05) is 42.2 Å². The molecule has 0 unspecified atom stereocenters. The summed E-state index contributed by atoms with van der Waals surface area (Å²) < 4.78 is 6.83. The minimum Gasteiger partial charge on any atom is -0.466 e. The second-order valence-electron chi connectivity index (χ2n) is 7.81. The van der Waals surface area contributed by atoms with Crippen LogP contribution in [0, 0.1) is 6.92 Å². The standard InChI is InChI=1S/C23H28N6O3/c1-3-32-21(31)10-9-19-17(2)26-23-24-16-25-29(23)22(19)28-13-11-27(12-14-28)20(30)15-18-7-5-4-6-8-18/h4-8,16H,3,9-15H2,1-2H3. The zero-order valence-electron chi connectivity index (χ0n) is 18.5. The third-order valence-electron chi connectivity index (χ3n) is 5.72. The van der Waals surface area contributed by atoms with Gasteiger partial charge in [0.1, 0.15) is 12.1 Å². The molecular weight excluding hydrogens is 408 g/mol. The van der Waals surface area contributed by atoms with Crippen LogP contribution in [0.2, 0.25) is 0 Å². The fraction of sp³-hybridized carbons (Fsp3) is 0.435. The maximum atomic E-state index is 12.8. The molecule has 1 saturated heterocycles. The van der Waals surface area contributed by atoms with Crippen molar-refractivity contribution in [1.29, 1.82) is 0 Å². The summed E-state index contributed by atoms with van der Waals surface area (Å²) in [6.07, 6.45) is 2.68. The highest BCUT2D eigenvalue weighted by molar-refractivity contribution is 5.79. The fourth-order valence-corrected chi connectivity index (χ4v) is 4.10. The van der Waals surface area contributed by atoms with E-state index < -0.39 is 0 Å². The largest absolute Gasteiger partial charge is 0.466 e. The van der Waals surface area contributed by atoms with Gasteiger partial charge in [-0.3, -0.25) is 9.59 Å². The number of piperazine rings is 1. The number of carbonyl (C=O) groups excluding carboxylic acids is 2. The molecule has 1 aliphatic rings. The average molecular weight is 437 g/mol. The summed E-state index contributed by atoms with van der Waals surface area (Å²) in [5.74, 6) is 1.33. The minimum absolute atomic E-state index is 0.134. The second kappa shape index (κ2) is 9.76. The third kappa shape index (κ3) is 4.71. The molecule has 0 bridgehead atoms. The van der Waals surface area contributed by atoms with Gasteiger partial charge in [-0.25, -0.2) is 4.98 Å². The van der Waals surface area contributed by atoms with Crippen LogP contribution in [-0.4, -0.2) is 69.1 Å². The molecule has 0 spiro atoms. The van der Waals surface area contributed by atoms with Crippen LogP contribution in [0.4, 0.5) is 5.82 Å². The van der Waals surface area contributed by atoms with Gasteiger partial charge in [0.25, 0.3) is 5.78 Å². The van der Waals surface area contributed by atoms with Crippen LogP contribution >= 0.6 is 0 Å². The topological polar surface area (TPSA) is 92.9 Å². The van der Waals surface area contributed by atoms with Crippen LogP contribution in [0.3, 0.4) is 0 Å². The molecule has 0 atom stereocenters. The number of esters is 1. The van der Waals surface area contributed by atoms with Gasteiger partial charge in [0.05, 0.1) is 13.0 Å². The van der Waals surface area contributed by atoms with E-state index in [1.54, 1.807) is 11.4 Å². The highest BCUT2D eigenvalue weighted by Crippen LogP contribution is 2.26. The number of carbonyl (C=O) groups is 2. The maximum Gasteiger partial charge on any atom is 0.306 e. The van der Waals surface area contributed by atoms with Gasteiger partial charge < -0.3 is 14.5 Å². The van der Waals surface area contributed by atoms with Crippen molar-refractivity contribution in [3.05, 3.63) is 53.5 Å². The molecule has 1 aliphatic heterocycles. The quantitative estimate of drug-likeness (QED) is 0.522. The first-order valence-corrected chi connectivity index (χ1v) is 11.0. The molecule has 1 fully saturated rings. The molecule has 0 radical (unpaired) electrons. The summed E-state index contributed by atoms with van der Waals surface area (Å²) in [6, 6.07) is 9.81. The van der Waals surface area contributed by atoms with Crippen LogP contribution in [0.1, 0.15) is 30.2 Å². The summed E-state index contributed by atoms with van der Waals surface area (Å²) >= 11 is 0. The SMILES string of the molecule is CCOC(=O)CCc1c(C)nc2ncnn2c1N1CCN(C(=O)Cc2ccccc2)CC1. The zero-order valence-corrected chi connectivity index (χ0v) is 18.5. The van der Waals surface area contributed by atoms with Gasteiger partial charge in [-0.2, -0.15) is 14.6 Å². The monoisotopic (exact) mass is 436 g/mol. The van der Waals surface area contributed by atoms with Crippen molar-refractivity contribution in [1.82, 2.24) is 24.5 Å². The Hall–Kier alpha value is -3.49. The first kappa shape index (κ1) is 21.7. The Kier molecular flexibility index (Phi) is 6.63. The lowest BCUT2D eigenvalue weighted by Crippen LogP contribution is -2.50. The lowest BCUT2D eigenvalue weighted by molar-refractivity contribution is -0.143. The van der Waals surface area contributed by atoms with Crippen molar-refractivity contribution < 1.29 is 14.3 Å². The normalized spacial score (nSPS) is 14.1. The van der Waals surface area contributed by atoms with Gasteiger partial charge >= 0.3 is 5.97 Å². The number of amides is 1. The molecule has 3 aromatic rings. The molecule has 32 heavy (non-hydrogen) atoms. The number of hydrogen-bond donors (Lipinski definition) is 0. The smallest absolute Gasteiger partial charge is 0.306 e. The summed E-state index contributed by atoms with van der Waals surface area (Å²) in [5.41, 5.74) is 2.81. The lowest BCUT2D eigenvalue weighted by Gasteiger charge is -2.37. The van der Waals surface area contributed by atoms with Crippen molar-refractivity contribution in [2.45, 2.75) is 33.1 Å². The van der Waals surface area contributed by atoms with Crippen LogP contribution in [0.15, 0.2) is 36.7 Å². The highest BCUT2D eigenvalue weighted by Gasteiger charge is 2.26. The lowest BCUT2D eigenvalue weighted by atomic mass is 10.1. The molecule has 2 aromatic heterocycles. The van der Waals surface area contributed by atoms with Crippen molar-refractivity contribution in [2.24, 2.45) is 0 Å². The van der Waals surface area contributed by atoms with Crippen LogP contribution < -0.4 is 4.90 Å². The van der Waals surface area contributed by atoms with E-state index in [4.69, 9.17) is 4.74 Å². The van der Waals surface area contributed by atoms with Gasteiger partial charge in [-0.05, 0) is 25.8 Å². The molecule has 9 nitrogen and oxygen atoms in total. The number of aryl methyl sites for hydroxylation is 1. The first-order valence-electron chi connectivity index (χ1n) is 11.0. The minimum atomic E-state index is -0.229. The number of nitrogens with zero attached hydrogens (tertiary/aromatic N) is 6. The average Bonchev–Trinajstić information content (AvgIpc) is 3.26. The van der Waals surface area contributed by atoms with Gasteiger partial charge in [0.2, 0.25) is 5.91 Å². The molecule has 1 amide bonds. The Bertz CT molecular complexity index is 1090. The Labute approximate surface area is 187 Å². The van der Waals surface area contributed by atoms with E-state index in [0.29, 0.717) is 51.4 Å². The van der Waals surface area contributed by atoms with Crippen LogP contribution in [-0.2, 0) is 27.2 Å². The number of ether oxygens (including phenoxy) is 1. The van der Waals surface area contributed by atoms with E-state index >= 15 is 0 Å². The summed E-state index contributed by atoms with van der Waals surface area (Å²) in [5, 5.41) is 4.37. The summed E-state index contributed by atoms with van der Waals surface area (Å²) in [7, 11) is 0. The van der Waals surface area contributed by atoms with Gasteiger partial charge in [0, 0.05) is 43.9 Å². The Morgan fingerprint density at radius 3 is 2.56 bits per heavy atom. The van der Waals surface area contributed by atoms with E-state index in [9.17, 15) is 9.59 Å². The van der Waals surface area contributed by atoms with E-state index in [1.165, 1.54) is 6.33 Å². The second-order valence-corrected chi connectivity index (χ2v) is 7.81. The molecule has 0 N–H and O–H groups in total. The summed E-state index contributed by atoms with van der Waals surface area (Å²) in [6.45, 7) is 6.69. The van der Waals surface area contributed by atoms with Crippen molar-refractivity contribution >= 4 is 23.5 Å². The Balaban J connectivity index is 1.50. The zero-order chi connectivity index (χ0) is 22.5. The predicted octanol–water partition coefficient (Wildman–Crippen LogP) is 1.82. The molecular formula is C23H28N6O3. The molecule has 4 rings (SSSR count). The number of hydrogen-bond acceptors (Lipinski definition) is 7. The highest BCUT2D eigenvalue weighted by atomic mass is 16.5. The van der Waals surface area contributed by atoms with Crippen molar-refractivity contribution in [3.8, 4) is 0 Å².